The van der Waals surface area contributed by atoms with Crippen LogP contribution in [0, 0.1) is 0 Å². The van der Waals surface area contributed by atoms with Gasteiger partial charge in [0.05, 0.1) is 25.5 Å². The second-order valence-corrected chi connectivity index (χ2v) is 6.15. The minimum atomic E-state index is 0.243. The van der Waals surface area contributed by atoms with Gasteiger partial charge in [0.15, 0.2) is 0 Å². The Hall–Kier alpha value is -1.96. The maximum absolute atomic E-state index is 5.78. The van der Waals surface area contributed by atoms with E-state index in [1.165, 1.54) is 11.3 Å². The third kappa shape index (κ3) is 4.75. The van der Waals surface area contributed by atoms with E-state index in [1.807, 2.05) is 24.3 Å². The van der Waals surface area contributed by atoms with Gasteiger partial charge >= 0.3 is 0 Å². The molecule has 2 aromatic rings. The topological polar surface area (TPSA) is 81.8 Å². The molecule has 1 aromatic heterocycles. The van der Waals surface area contributed by atoms with Gasteiger partial charge in [-0.2, -0.15) is 5.10 Å². The highest BCUT2D eigenvalue weighted by molar-refractivity contribution is 7.14. The fourth-order valence-electron chi connectivity index (χ4n) is 2.36. The summed E-state index contributed by atoms with van der Waals surface area (Å²) in [5, 5.41) is 6.65. The van der Waals surface area contributed by atoms with E-state index in [1.54, 1.807) is 11.6 Å². The average Bonchev–Trinajstić information content (AvgIpc) is 3.21. The lowest BCUT2D eigenvalue weighted by Crippen LogP contribution is -2.14. The molecule has 1 unspecified atom stereocenters. The molecule has 1 aromatic carbocycles. The highest BCUT2D eigenvalue weighted by Gasteiger charge is 2.15. The number of hydrogen-bond donors (Lipinski definition) is 2. The Balaban J connectivity index is 1.54. The first-order chi connectivity index (χ1) is 11.3. The highest BCUT2D eigenvalue weighted by Crippen LogP contribution is 2.17. The molecular formula is C16H20N4O2S. The zero-order valence-corrected chi connectivity index (χ0v) is 13.6. The van der Waals surface area contributed by atoms with E-state index < -0.39 is 0 Å². The maximum atomic E-state index is 5.78. The molecule has 1 aliphatic heterocycles. The molecular weight excluding hydrogens is 312 g/mol. The first-order valence-electron chi connectivity index (χ1n) is 7.58. The minimum absolute atomic E-state index is 0.243. The van der Waals surface area contributed by atoms with E-state index in [4.69, 9.17) is 15.2 Å². The van der Waals surface area contributed by atoms with Crippen molar-refractivity contribution in [3.05, 3.63) is 40.8 Å². The lowest BCUT2D eigenvalue weighted by atomic mass is 10.1. The molecule has 6 nitrogen and oxygen atoms in total. The Labute approximate surface area is 139 Å². The molecule has 1 aliphatic rings. The summed E-state index contributed by atoms with van der Waals surface area (Å²) >= 11 is 1.42. The molecule has 7 heteroatoms. The van der Waals surface area contributed by atoms with Gasteiger partial charge in [-0.25, -0.2) is 4.98 Å². The molecule has 0 radical (unpaired) electrons. The molecule has 0 bridgehead atoms. The van der Waals surface area contributed by atoms with Crippen molar-refractivity contribution < 1.29 is 9.47 Å². The zero-order chi connectivity index (χ0) is 15.9. The quantitative estimate of drug-likeness (QED) is 0.602. The van der Waals surface area contributed by atoms with Crippen LogP contribution in [-0.2, 0) is 16.1 Å². The fourth-order valence-corrected chi connectivity index (χ4v) is 2.91. The number of hydrogen-bond acceptors (Lipinski definition) is 7. The predicted octanol–water partition coefficient (Wildman–Crippen LogP) is 2.87. The molecule has 1 atom stereocenters. The normalized spacial score (nSPS) is 17.8. The van der Waals surface area contributed by atoms with Crippen LogP contribution in [-0.4, -0.2) is 30.5 Å². The van der Waals surface area contributed by atoms with Crippen molar-refractivity contribution in [1.29, 1.82) is 0 Å². The molecule has 0 amide bonds. The van der Waals surface area contributed by atoms with Gasteiger partial charge in [-0.05, 0) is 18.4 Å². The molecule has 3 rings (SSSR count). The first kappa shape index (κ1) is 15.9. The van der Waals surface area contributed by atoms with E-state index in [9.17, 15) is 0 Å². The van der Waals surface area contributed by atoms with Crippen molar-refractivity contribution in [3.63, 3.8) is 0 Å². The summed E-state index contributed by atoms with van der Waals surface area (Å²) in [6.07, 6.45) is 4.23. The SMILES string of the molecule is Nc1csc(NN=Cc2ccccc2COCC2CCCO2)n1. The van der Waals surface area contributed by atoms with Crippen LogP contribution in [0.1, 0.15) is 24.0 Å². The number of rotatable bonds is 7. The highest BCUT2D eigenvalue weighted by atomic mass is 32.1. The second-order valence-electron chi connectivity index (χ2n) is 5.30. The number of nitrogens with one attached hydrogen (secondary N) is 1. The average molecular weight is 332 g/mol. The Kier molecular flexibility index (Phi) is 5.57. The molecule has 122 valence electrons. The number of aromatic nitrogens is 1. The van der Waals surface area contributed by atoms with Gasteiger partial charge in [0.2, 0.25) is 5.13 Å². The Morgan fingerprint density at radius 2 is 2.39 bits per heavy atom. The van der Waals surface area contributed by atoms with Crippen molar-refractivity contribution in [3.8, 4) is 0 Å². The summed E-state index contributed by atoms with van der Waals surface area (Å²) in [5.74, 6) is 0.496. The molecule has 0 aliphatic carbocycles. The molecule has 1 saturated heterocycles. The number of hydrazone groups is 1. The summed E-state index contributed by atoms with van der Waals surface area (Å²) in [6, 6.07) is 8.02. The number of anilines is 2. The lowest BCUT2D eigenvalue weighted by Gasteiger charge is -2.11. The van der Waals surface area contributed by atoms with Crippen LogP contribution < -0.4 is 11.2 Å². The Morgan fingerprint density at radius 3 is 3.17 bits per heavy atom. The van der Waals surface area contributed by atoms with Crippen LogP contribution in [0.5, 0.6) is 0 Å². The summed E-state index contributed by atoms with van der Waals surface area (Å²) in [5.41, 5.74) is 10.6. The van der Waals surface area contributed by atoms with Crippen LogP contribution >= 0.6 is 11.3 Å². The van der Waals surface area contributed by atoms with E-state index in [0.717, 1.165) is 30.6 Å². The van der Waals surface area contributed by atoms with Crippen molar-refractivity contribution in [2.24, 2.45) is 5.10 Å². The van der Waals surface area contributed by atoms with Crippen LogP contribution in [0.25, 0.3) is 0 Å². The van der Waals surface area contributed by atoms with Crippen LogP contribution in [0.4, 0.5) is 10.9 Å². The maximum Gasteiger partial charge on any atom is 0.205 e. The molecule has 0 saturated carbocycles. The number of ether oxygens (including phenoxy) is 2. The zero-order valence-electron chi connectivity index (χ0n) is 12.8. The van der Waals surface area contributed by atoms with Crippen molar-refractivity contribution >= 4 is 28.5 Å². The minimum Gasteiger partial charge on any atom is -0.383 e. The molecule has 2 heterocycles. The van der Waals surface area contributed by atoms with E-state index in [-0.39, 0.29) is 6.10 Å². The summed E-state index contributed by atoms with van der Waals surface area (Å²) < 4.78 is 11.3. The van der Waals surface area contributed by atoms with Crippen LogP contribution in [0.2, 0.25) is 0 Å². The molecule has 0 spiro atoms. The fraction of sp³-hybridized carbons (Fsp3) is 0.375. The van der Waals surface area contributed by atoms with Gasteiger partial charge in [0.1, 0.15) is 5.82 Å². The standard InChI is InChI=1S/C16H20N4O2S/c17-15-11-23-16(19-15)20-18-8-12-4-1-2-5-13(12)9-21-10-14-6-3-7-22-14/h1-2,4-5,8,11,14H,3,6-7,9-10,17H2,(H,19,20). The first-order valence-corrected chi connectivity index (χ1v) is 8.46. The third-order valence-corrected chi connectivity index (χ3v) is 4.29. The summed E-state index contributed by atoms with van der Waals surface area (Å²) in [6.45, 7) is 2.04. The van der Waals surface area contributed by atoms with Crippen LogP contribution in [0.3, 0.4) is 0 Å². The monoisotopic (exact) mass is 332 g/mol. The number of nitrogens with zero attached hydrogens (tertiary/aromatic N) is 2. The Morgan fingerprint density at radius 1 is 1.48 bits per heavy atom. The van der Waals surface area contributed by atoms with Crippen LogP contribution in [0.15, 0.2) is 34.7 Å². The van der Waals surface area contributed by atoms with E-state index in [0.29, 0.717) is 24.2 Å². The van der Waals surface area contributed by atoms with Gasteiger partial charge < -0.3 is 15.2 Å². The lowest BCUT2D eigenvalue weighted by molar-refractivity contribution is 0.0106. The van der Waals surface area contributed by atoms with Gasteiger partial charge in [-0.15, -0.1) is 11.3 Å². The molecule has 3 N–H and O–H groups in total. The van der Waals surface area contributed by atoms with Crippen molar-refractivity contribution in [2.75, 3.05) is 24.4 Å². The largest absolute Gasteiger partial charge is 0.383 e. The smallest absolute Gasteiger partial charge is 0.205 e. The molecule has 1 fully saturated rings. The molecule has 23 heavy (non-hydrogen) atoms. The van der Waals surface area contributed by atoms with E-state index >= 15 is 0 Å². The summed E-state index contributed by atoms with van der Waals surface area (Å²) in [4.78, 5) is 4.09. The predicted molar refractivity (Wildman–Crippen MR) is 92.8 cm³/mol. The number of thiazole rings is 1. The van der Waals surface area contributed by atoms with Gasteiger partial charge in [0, 0.05) is 17.6 Å². The second kappa shape index (κ2) is 8.05. The third-order valence-electron chi connectivity index (χ3n) is 3.53. The van der Waals surface area contributed by atoms with Crippen molar-refractivity contribution in [2.45, 2.75) is 25.6 Å². The van der Waals surface area contributed by atoms with Gasteiger partial charge in [-0.1, -0.05) is 24.3 Å². The van der Waals surface area contributed by atoms with Gasteiger partial charge in [-0.3, -0.25) is 5.43 Å². The van der Waals surface area contributed by atoms with Gasteiger partial charge in [0.25, 0.3) is 0 Å². The summed E-state index contributed by atoms with van der Waals surface area (Å²) in [7, 11) is 0. The van der Waals surface area contributed by atoms with Crippen molar-refractivity contribution in [1.82, 2.24) is 4.98 Å². The van der Waals surface area contributed by atoms with E-state index in [2.05, 4.69) is 15.5 Å². The number of benzene rings is 1. The number of nitrogen functional groups attached to an aromatic ring is 1. The Bertz CT molecular complexity index is 653. The number of nitrogens with two attached hydrogens (primary N) is 1.